The summed E-state index contributed by atoms with van der Waals surface area (Å²) in [4.78, 5) is 0. The molecule has 0 amide bonds. The van der Waals surface area contributed by atoms with Crippen LogP contribution >= 0.6 is 0 Å². The van der Waals surface area contributed by atoms with Crippen LogP contribution in [-0.2, 0) is 11.3 Å². The lowest BCUT2D eigenvalue weighted by atomic mass is 10.2. The third kappa shape index (κ3) is 4.81. The lowest BCUT2D eigenvalue weighted by Crippen LogP contribution is -2.05. The summed E-state index contributed by atoms with van der Waals surface area (Å²) in [5, 5.41) is 3.35. The molecule has 0 fully saturated rings. The minimum Gasteiger partial charge on any atom is -0.385 e. The molecule has 15 heavy (non-hydrogen) atoms. The van der Waals surface area contributed by atoms with E-state index in [1.54, 1.807) is 7.11 Å². The van der Waals surface area contributed by atoms with E-state index in [1.165, 1.54) is 5.56 Å². The molecule has 0 saturated carbocycles. The standard InChI is InChI=1S/C12H20N2O/c1-15-10-11-4-6-12(7-5-11)14-9-3-2-8-13/h4-7,14H,2-3,8-10,13H2,1H3. The Bertz CT molecular complexity index is 259. The lowest BCUT2D eigenvalue weighted by molar-refractivity contribution is 0.185. The van der Waals surface area contributed by atoms with E-state index in [-0.39, 0.29) is 0 Å². The smallest absolute Gasteiger partial charge is 0.0713 e. The molecule has 0 spiro atoms. The lowest BCUT2D eigenvalue weighted by Gasteiger charge is -2.06. The van der Waals surface area contributed by atoms with E-state index in [0.717, 1.165) is 31.6 Å². The minimum atomic E-state index is 0.674. The highest BCUT2D eigenvalue weighted by atomic mass is 16.5. The highest BCUT2D eigenvalue weighted by Crippen LogP contribution is 2.10. The molecule has 0 saturated heterocycles. The molecule has 1 rings (SSSR count). The Kier molecular flexibility index (Phi) is 5.81. The minimum absolute atomic E-state index is 0.674. The van der Waals surface area contributed by atoms with Crippen molar-refractivity contribution in [2.45, 2.75) is 19.4 Å². The Morgan fingerprint density at radius 2 is 1.93 bits per heavy atom. The number of anilines is 1. The molecule has 0 aliphatic rings. The molecule has 0 bridgehead atoms. The first-order chi connectivity index (χ1) is 7.36. The van der Waals surface area contributed by atoms with Crippen LogP contribution in [0.3, 0.4) is 0 Å². The fraction of sp³-hybridized carbons (Fsp3) is 0.500. The van der Waals surface area contributed by atoms with Crippen molar-refractivity contribution in [1.29, 1.82) is 0 Å². The molecule has 0 unspecified atom stereocenters. The zero-order valence-corrected chi connectivity index (χ0v) is 9.33. The van der Waals surface area contributed by atoms with Crippen LogP contribution in [0.4, 0.5) is 5.69 Å². The molecule has 3 heteroatoms. The van der Waals surface area contributed by atoms with Crippen LogP contribution in [0.15, 0.2) is 24.3 Å². The molecule has 0 atom stereocenters. The summed E-state index contributed by atoms with van der Waals surface area (Å²) in [7, 11) is 1.71. The summed E-state index contributed by atoms with van der Waals surface area (Å²) >= 11 is 0. The van der Waals surface area contributed by atoms with Crippen LogP contribution in [0.1, 0.15) is 18.4 Å². The second-order valence-corrected chi connectivity index (χ2v) is 3.55. The fourth-order valence-corrected chi connectivity index (χ4v) is 1.39. The van der Waals surface area contributed by atoms with Crippen molar-refractivity contribution in [1.82, 2.24) is 0 Å². The molecule has 0 radical (unpaired) electrons. The van der Waals surface area contributed by atoms with Gasteiger partial charge in [-0.2, -0.15) is 0 Å². The van der Waals surface area contributed by atoms with Gasteiger partial charge >= 0.3 is 0 Å². The summed E-state index contributed by atoms with van der Waals surface area (Å²) in [5.74, 6) is 0. The van der Waals surface area contributed by atoms with Gasteiger partial charge in [-0.25, -0.2) is 0 Å². The van der Waals surface area contributed by atoms with E-state index in [4.69, 9.17) is 10.5 Å². The molecule has 3 N–H and O–H groups in total. The predicted molar refractivity (Wildman–Crippen MR) is 63.9 cm³/mol. The number of rotatable bonds is 7. The molecule has 0 aliphatic heterocycles. The van der Waals surface area contributed by atoms with Gasteiger partial charge in [0, 0.05) is 19.3 Å². The van der Waals surface area contributed by atoms with Crippen molar-refractivity contribution < 1.29 is 4.74 Å². The maximum absolute atomic E-state index is 5.42. The normalized spacial score (nSPS) is 10.3. The molecular weight excluding hydrogens is 188 g/mol. The summed E-state index contributed by atoms with van der Waals surface area (Å²) in [5.41, 5.74) is 7.78. The number of ether oxygens (including phenoxy) is 1. The molecule has 84 valence electrons. The molecule has 1 aromatic carbocycles. The van der Waals surface area contributed by atoms with Gasteiger partial charge in [0.05, 0.1) is 6.61 Å². The second-order valence-electron chi connectivity index (χ2n) is 3.55. The summed E-state index contributed by atoms with van der Waals surface area (Å²) in [6.07, 6.45) is 2.20. The summed E-state index contributed by atoms with van der Waals surface area (Å²) in [6.45, 7) is 2.43. The maximum Gasteiger partial charge on any atom is 0.0713 e. The predicted octanol–water partition coefficient (Wildman–Crippen LogP) is 1.98. The monoisotopic (exact) mass is 208 g/mol. The highest BCUT2D eigenvalue weighted by molar-refractivity contribution is 5.44. The van der Waals surface area contributed by atoms with Crippen molar-refractivity contribution in [3.8, 4) is 0 Å². The van der Waals surface area contributed by atoms with E-state index in [1.807, 2.05) is 0 Å². The van der Waals surface area contributed by atoms with Crippen molar-refractivity contribution in [3.05, 3.63) is 29.8 Å². The van der Waals surface area contributed by atoms with Gasteiger partial charge in [0.25, 0.3) is 0 Å². The first kappa shape index (κ1) is 12.0. The zero-order valence-electron chi connectivity index (χ0n) is 9.33. The van der Waals surface area contributed by atoms with Crippen LogP contribution in [0.25, 0.3) is 0 Å². The van der Waals surface area contributed by atoms with E-state index < -0.39 is 0 Å². The number of hydrogen-bond acceptors (Lipinski definition) is 3. The fourth-order valence-electron chi connectivity index (χ4n) is 1.39. The number of unbranched alkanes of at least 4 members (excludes halogenated alkanes) is 1. The van der Waals surface area contributed by atoms with Crippen LogP contribution in [0, 0.1) is 0 Å². The Balaban J connectivity index is 2.29. The first-order valence-electron chi connectivity index (χ1n) is 5.38. The van der Waals surface area contributed by atoms with Gasteiger partial charge < -0.3 is 15.8 Å². The largest absolute Gasteiger partial charge is 0.385 e. The SMILES string of the molecule is COCc1ccc(NCCCCN)cc1. The van der Waals surface area contributed by atoms with Crippen molar-refractivity contribution >= 4 is 5.69 Å². The summed E-state index contributed by atoms with van der Waals surface area (Å²) in [6, 6.07) is 8.32. The van der Waals surface area contributed by atoms with Gasteiger partial charge in [0.15, 0.2) is 0 Å². The molecule has 0 heterocycles. The zero-order chi connectivity index (χ0) is 10.9. The molecule has 3 nitrogen and oxygen atoms in total. The number of nitrogens with one attached hydrogen (secondary N) is 1. The van der Waals surface area contributed by atoms with Crippen LogP contribution in [0.5, 0.6) is 0 Å². The third-order valence-electron chi connectivity index (χ3n) is 2.22. The average Bonchev–Trinajstić information content (AvgIpc) is 2.27. The Hall–Kier alpha value is -1.06. The van der Waals surface area contributed by atoms with E-state index >= 15 is 0 Å². The van der Waals surface area contributed by atoms with Crippen LogP contribution in [-0.4, -0.2) is 20.2 Å². The van der Waals surface area contributed by atoms with Crippen LogP contribution < -0.4 is 11.1 Å². The second kappa shape index (κ2) is 7.26. The van der Waals surface area contributed by atoms with Crippen molar-refractivity contribution in [3.63, 3.8) is 0 Å². The molecule has 1 aromatic rings. The van der Waals surface area contributed by atoms with E-state index in [2.05, 4.69) is 29.6 Å². The van der Waals surface area contributed by atoms with E-state index in [9.17, 15) is 0 Å². The maximum atomic E-state index is 5.42. The van der Waals surface area contributed by atoms with Gasteiger partial charge in [-0.05, 0) is 37.1 Å². The van der Waals surface area contributed by atoms with E-state index in [0.29, 0.717) is 6.61 Å². The number of methoxy groups -OCH3 is 1. The Labute approximate surface area is 91.6 Å². The topological polar surface area (TPSA) is 47.3 Å². The van der Waals surface area contributed by atoms with Crippen molar-refractivity contribution in [2.24, 2.45) is 5.73 Å². The number of hydrogen-bond donors (Lipinski definition) is 2. The Morgan fingerprint density at radius 1 is 1.20 bits per heavy atom. The van der Waals surface area contributed by atoms with Crippen LogP contribution in [0.2, 0.25) is 0 Å². The van der Waals surface area contributed by atoms with Crippen molar-refractivity contribution in [2.75, 3.05) is 25.5 Å². The van der Waals surface area contributed by atoms with Gasteiger partial charge in [-0.1, -0.05) is 12.1 Å². The Morgan fingerprint density at radius 3 is 2.53 bits per heavy atom. The molecular formula is C12H20N2O. The third-order valence-corrected chi connectivity index (χ3v) is 2.22. The van der Waals surface area contributed by atoms with Gasteiger partial charge in [0.2, 0.25) is 0 Å². The molecule has 0 aromatic heterocycles. The van der Waals surface area contributed by atoms with Gasteiger partial charge in [-0.3, -0.25) is 0 Å². The quantitative estimate of drug-likeness (QED) is 0.674. The van der Waals surface area contributed by atoms with Gasteiger partial charge in [0.1, 0.15) is 0 Å². The summed E-state index contributed by atoms with van der Waals surface area (Å²) < 4.78 is 5.05. The average molecular weight is 208 g/mol. The van der Waals surface area contributed by atoms with Gasteiger partial charge in [-0.15, -0.1) is 0 Å². The number of benzene rings is 1. The highest BCUT2D eigenvalue weighted by Gasteiger charge is 1.93. The number of nitrogens with two attached hydrogens (primary N) is 1. The molecule has 0 aliphatic carbocycles. The first-order valence-corrected chi connectivity index (χ1v) is 5.38.